The highest BCUT2D eigenvalue weighted by molar-refractivity contribution is 7.90. The van der Waals surface area contributed by atoms with Crippen LogP contribution in [0.15, 0.2) is 42.1 Å². The molecule has 8 nitrogen and oxygen atoms in total. The highest BCUT2D eigenvalue weighted by atomic mass is 32.2. The number of hydrogen-bond donors (Lipinski definition) is 0. The zero-order valence-corrected chi connectivity index (χ0v) is 32.4. The molecule has 0 radical (unpaired) electrons. The van der Waals surface area contributed by atoms with Crippen LogP contribution in [-0.2, 0) is 30.6 Å². The molecule has 2 amide bonds. The maximum Gasteiger partial charge on any atom is 0.414 e. The highest BCUT2D eigenvalue weighted by Gasteiger charge is 2.72. The Hall–Kier alpha value is -2.17. The molecular weight excluding hydrogens is 641 g/mol. The van der Waals surface area contributed by atoms with Gasteiger partial charge in [-0.2, -0.15) is 0 Å². The largest absolute Gasteiger partial charge is 0.444 e. The first-order valence-corrected chi connectivity index (χ1v) is 22.2. The van der Waals surface area contributed by atoms with Crippen LogP contribution in [0.4, 0.5) is 4.79 Å². The van der Waals surface area contributed by atoms with Gasteiger partial charge in [0, 0.05) is 22.9 Å². The molecular formula is C38H58N2O6SSi. The molecule has 1 aromatic carbocycles. The van der Waals surface area contributed by atoms with Gasteiger partial charge in [-0.05, 0) is 79.0 Å². The van der Waals surface area contributed by atoms with E-state index >= 15 is 0 Å². The van der Waals surface area contributed by atoms with Crippen molar-refractivity contribution in [3.05, 3.63) is 47.7 Å². The van der Waals surface area contributed by atoms with Crippen molar-refractivity contribution in [2.75, 3.05) is 5.75 Å². The van der Waals surface area contributed by atoms with Crippen LogP contribution in [0.1, 0.15) is 106 Å². The van der Waals surface area contributed by atoms with Crippen LogP contribution < -0.4 is 0 Å². The molecule has 1 aromatic rings. The van der Waals surface area contributed by atoms with E-state index in [1.165, 1.54) is 4.31 Å². The summed E-state index contributed by atoms with van der Waals surface area (Å²) in [6.07, 6.45) is 5.68. The summed E-state index contributed by atoms with van der Waals surface area (Å²) in [6.45, 7) is 20.3. The number of sulfonamides is 1. The van der Waals surface area contributed by atoms with Gasteiger partial charge >= 0.3 is 6.09 Å². The number of likely N-dealkylation sites (tertiary alicyclic amines) is 1. The van der Waals surface area contributed by atoms with Crippen molar-refractivity contribution in [3.8, 4) is 0 Å². The minimum atomic E-state index is -3.71. The first-order chi connectivity index (χ1) is 22.5. The number of rotatable bonds is 8. The normalized spacial score (nSPS) is 33.6. The molecule has 1 spiro atoms. The van der Waals surface area contributed by atoms with Gasteiger partial charge in [0.25, 0.3) is 0 Å². The number of amides is 2. The Bertz CT molecular complexity index is 1520. The Morgan fingerprint density at radius 1 is 0.979 bits per heavy atom. The molecule has 10 heteroatoms. The lowest BCUT2D eigenvalue weighted by Gasteiger charge is -2.51. The lowest BCUT2D eigenvalue weighted by atomic mass is 9.69. The van der Waals surface area contributed by atoms with Gasteiger partial charge < -0.3 is 9.16 Å². The van der Waals surface area contributed by atoms with E-state index in [1.807, 2.05) is 36.4 Å². The van der Waals surface area contributed by atoms with Crippen molar-refractivity contribution in [1.82, 2.24) is 9.21 Å². The highest BCUT2D eigenvalue weighted by Crippen LogP contribution is 2.70. The van der Waals surface area contributed by atoms with Crippen molar-refractivity contribution in [2.24, 2.45) is 28.6 Å². The Morgan fingerprint density at radius 3 is 2.23 bits per heavy atom. The van der Waals surface area contributed by atoms with Crippen molar-refractivity contribution >= 4 is 30.3 Å². The number of fused-ring (bicyclic) bond motifs is 2. The summed E-state index contributed by atoms with van der Waals surface area (Å²) >= 11 is 0. The van der Waals surface area contributed by atoms with Crippen molar-refractivity contribution in [3.63, 3.8) is 0 Å². The smallest absolute Gasteiger partial charge is 0.414 e. The maximum atomic E-state index is 14.4. The number of benzene rings is 1. The summed E-state index contributed by atoms with van der Waals surface area (Å²) in [6, 6.07) is 9.20. The van der Waals surface area contributed by atoms with E-state index in [-0.39, 0.29) is 53.2 Å². The van der Waals surface area contributed by atoms with Crippen LogP contribution in [0.25, 0.3) is 0 Å². The van der Waals surface area contributed by atoms with Crippen molar-refractivity contribution < 1.29 is 27.2 Å². The molecule has 2 saturated heterocycles. The Labute approximate surface area is 290 Å². The van der Waals surface area contributed by atoms with Crippen molar-refractivity contribution in [1.29, 1.82) is 0 Å². The molecule has 2 saturated carbocycles. The van der Waals surface area contributed by atoms with Gasteiger partial charge in [0.15, 0.2) is 0 Å². The summed E-state index contributed by atoms with van der Waals surface area (Å²) in [4.78, 5) is 30.2. The van der Waals surface area contributed by atoms with Crippen LogP contribution in [0, 0.1) is 28.6 Å². The van der Waals surface area contributed by atoms with E-state index in [9.17, 15) is 18.0 Å². The van der Waals surface area contributed by atoms with E-state index in [0.29, 0.717) is 41.8 Å². The Morgan fingerprint density at radius 2 is 1.62 bits per heavy atom. The molecule has 4 fully saturated rings. The number of hydrogen-bond acceptors (Lipinski definition) is 6. The van der Waals surface area contributed by atoms with Crippen LogP contribution in [-0.4, -0.2) is 61.9 Å². The molecule has 3 aliphatic carbocycles. The summed E-state index contributed by atoms with van der Waals surface area (Å²) in [5.41, 5.74) is 2.49. The number of nitrogens with zero attached hydrogens (tertiary/aromatic N) is 2. The fourth-order valence-electron chi connectivity index (χ4n) is 11.2. The summed E-state index contributed by atoms with van der Waals surface area (Å²) in [5.74, 6) is -0.291. The lowest BCUT2D eigenvalue weighted by Crippen LogP contribution is -2.59. The minimum absolute atomic E-state index is 0.0813. The van der Waals surface area contributed by atoms with Crippen LogP contribution in [0.3, 0.4) is 0 Å². The number of ether oxygens (including phenoxy) is 1. The number of carbonyl (C=O) groups is 2. The van der Waals surface area contributed by atoms with E-state index in [1.54, 1.807) is 4.90 Å². The number of piperidine rings is 1. The van der Waals surface area contributed by atoms with Crippen LogP contribution >= 0.6 is 0 Å². The third-order valence-electron chi connectivity index (χ3n) is 13.8. The second-order valence-electron chi connectivity index (χ2n) is 17.1. The van der Waals surface area contributed by atoms with Gasteiger partial charge in [0.1, 0.15) is 6.61 Å². The first kappa shape index (κ1) is 35.6. The Balaban J connectivity index is 1.30. The van der Waals surface area contributed by atoms with Crippen LogP contribution in [0.5, 0.6) is 0 Å². The van der Waals surface area contributed by atoms with Gasteiger partial charge in [-0.3, -0.25) is 9.69 Å². The predicted molar refractivity (Wildman–Crippen MR) is 191 cm³/mol. The molecule has 6 rings (SSSR count). The molecule has 7 atom stereocenters. The predicted octanol–water partition coefficient (Wildman–Crippen LogP) is 8.26. The second kappa shape index (κ2) is 12.6. The van der Waals surface area contributed by atoms with E-state index in [4.69, 9.17) is 9.16 Å². The molecule has 48 heavy (non-hydrogen) atoms. The van der Waals surface area contributed by atoms with E-state index in [2.05, 4.69) is 62.3 Å². The molecule has 5 aliphatic rings. The third-order valence-corrected chi connectivity index (χ3v) is 21.8. The fraction of sp³-hybridized carbons (Fsp3) is 0.737. The molecule has 2 heterocycles. The monoisotopic (exact) mass is 698 g/mol. The average molecular weight is 699 g/mol. The SMILES string of the molecule is CC(C)[Si](O[C@@H]1C[C@@H]2C[C@@H](C(=O)N3[C@@H]4C[C@H]5CC[C@]4(CS3(=O)=O)C5(C)C)CC=C2N(C(=O)OCc2ccccc2)[C@H]1C)(C(C)C)C(C)C. The third kappa shape index (κ3) is 5.42. The van der Waals surface area contributed by atoms with Gasteiger partial charge in [-0.25, -0.2) is 17.5 Å². The molecule has 0 unspecified atom stereocenters. The Kier molecular flexibility index (Phi) is 9.32. The van der Waals surface area contributed by atoms with E-state index in [0.717, 1.165) is 30.5 Å². The standard InChI is InChI=1S/C38H58N2O6SSi/c1-24(2)48(25(3)4,26(5)6)46-33-20-30-19-29(15-16-32(30)39(27(33)7)36(42)45-22-28-13-11-10-12-14-28)35(41)40-34-21-31-17-18-38(34,37(31,8)9)23-47(40,43)44/h10-14,16,24-27,29-31,33-34H,15,17-23H2,1-9H3/t27-,29-,30-,31+,33+,34+,38+/m0/s1. The second-order valence-corrected chi connectivity index (χ2v) is 24.4. The molecule has 266 valence electrons. The zero-order valence-electron chi connectivity index (χ0n) is 30.6. The van der Waals surface area contributed by atoms with Gasteiger partial charge in [-0.1, -0.05) is 91.8 Å². The number of allylic oxidation sites excluding steroid dienone is 2. The van der Waals surface area contributed by atoms with Crippen molar-refractivity contribution in [2.45, 2.75) is 142 Å². The molecule has 2 aliphatic heterocycles. The quantitative estimate of drug-likeness (QED) is 0.254. The molecule has 0 N–H and O–H groups in total. The first-order valence-electron chi connectivity index (χ1n) is 18.4. The lowest BCUT2D eigenvalue weighted by molar-refractivity contribution is -0.134. The van der Waals surface area contributed by atoms with E-state index < -0.39 is 30.4 Å². The van der Waals surface area contributed by atoms with Gasteiger partial charge in [-0.15, -0.1) is 0 Å². The topological polar surface area (TPSA) is 93.2 Å². The van der Waals surface area contributed by atoms with Crippen LogP contribution in [0.2, 0.25) is 16.6 Å². The van der Waals surface area contributed by atoms with Gasteiger partial charge in [0.2, 0.25) is 24.2 Å². The number of carbonyl (C=O) groups excluding carboxylic acids is 2. The average Bonchev–Trinajstić information content (AvgIpc) is 3.50. The summed E-state index contributed by atoms with van der Waals surface area (Å²) in [5, 5.41) is 0. The molecule has 0 aromatic heterocycles. The maximum absolute atomic E-state index is 14.4. The van der Waals surface area contributed by atoms with Gasteiger partial charge in [0.05, 0.1) is 23.9 Å². The summed E-state index contributed by atoms with van der Waals surface area (Å²) in [7, 11) is -6.03. The molecule has 2 bridgehead atoms. The summed E-state index contributed by atoms with van der Waals surface area (Å²) < 4.78 is 42.2. The zero-order chi connectivity index (χ0) is 35.0. The fourth-order valence-corrected chi connectivity index (χ4v) is 19.5. The minimum Gasteiger partial charge on any atom is -0.444 e.